The monoisotopic (exact) mass is 279 g/mol. The number of nitrogens with two attached hydrogens (primary N) is 1. The van der Waals surface area contributed by atoms with Gasteiger partial charge in [-0.1, -0.05) is 0 Å². The first kappa shape index (κ1) is 12.9. The van der Waals surface area contributed by atoms with Gasteiger partial charge in [0.05, 0.1) is 18.1 Å². The Labute approximate surface area is 121 Å². The van der Waals surface area contributed by atoms with Crippen LogP contribution in [0.15, 0.2) is 64.7 Å². The molecular formula is C15H13N5O. The smallest absolute Gasteiger partial charge is 0.181 e. The van der Waals surface area contributed by atoms with Crippen LogP contribution in [0.3, 0.4) is 0 Å². The van der Waals surface area contributed by atoms with Crippen LogP contribution in [-0.2, 0) is 0 Å². The number of hydrogen-bond donors (Lipinski definition) is 2. The van der Waals surface area contributed by atoms with Crippen molar-refractivity contribution in [3.8, 4) is 11.3 Å². The van der Waals surface area contributed by atoms with E-state index in [0.717, 1.165) is 22.6 Å². The van der Waals surface area contributed by atoms with Gasteiger partial charge in [0.25, 0.3) is 0 Å². The van der Waals surface area contributed by atoms with Gasteiger partial charge in [0.1, 0.15) is 5.82 Å². The van der Waals surface area contributed by atoms with E-state index in [0.29, 0.717) is 5.82 Å². The average Bonchev–Trinajstić information content (AvgIpc) is 3.04. The number of pyridine rings is 1. The molecule has 6 nitrogen and oxygen atoms in total. The van der Waals surface area contributed by atoms with Gasteiger partial charge in [-0.15, -0.1) is 0 Å². The minimum Gasteiger partial charge on any atom is -0.444 e. The van der Waals surface area contributed by atoms with Crippen molar-refractivity contribution >= 4 is 17.7 Å². The first-order valence-corrected chi connectivity index (χ1v) is 6.31. The number of oxazole rings is 1. The summed E-state index contributed by atoms with van der Waals surface area (Å²) in [7, 11) is 0. The van der Waals surface area contributed by atoms with Crippen molar-refractivity contribution in [2.24, 2.45) is 5.10 Å². The maximum Gasteiger partial charge on any atom is 0.181 e. The zero-order chi connectivity index (χ0) is 14.5. The molecule has 0 saturated carbocycles. The van der Waals surface area contributed by atoms with Crippen molar-refractivity contribution in [1.82, 2.24) is 9.97 Å². The fourth-order valence-electron chi connectivity index (χ4n) is 1.74. The second-order valence-electron chi connectivity index (χ2n) is 4.33. The highest BCUT2D eigenvalue weighted by Crippen LogP contribution is 2.20. The first-order chi connectivity index (χ1) is 10.3. The molecule has 6 heteroatoms. The molecule has 3 rings (SSSR count). The van der Waals surface area contributed by atoms with Crippen LogP contribution >= 0.6 is 0 Å². The standard InChI is InChI=1S/C15H13N5O/c16-15-6-1-11(7-18-15)8-19-20-13-4-2-12(3-5-13)14-9-17-10-21-14/h1-10,20H,(H2,16,18). The lowest BCUT2D eigenvalue weighted by molar-refractivity contribution is 0.572. The van der Waals surface area contributed by atoms with E-state index in [2.05, 4.69) is 20.5 Å². The number of nitrogen functional groups attached to an aromatic ring is 1. The van der Waals surface area contributed by atoms with E-state index in [4.69, 9.17) is 10.2 Å². The van der Waals surface area contributed by atoms with Gasteiger partial charge in [0.2, 0.25) is 0 Å². The fourth-order valence-corrected chi connectivity index (χ4v) is 1.74. The number of aromatic nitrogens is 2. The largest absolute Gasteiger partial charge is 0.444 e. The summed E-state index contributed by atoms with van der Waals surface area (Å²) in [6, 6.07) is 11.3. The fraction of sp³-hybridized carbons (Fsp3) is 0. The summed E-state index contributed by atoms with van der Waals surface area (Å²) >= 11 is 0. The van der Waals surface area contributed by atoms with Crippen LogP contribution in [0, 0.1) is 0 Å². The second kappa shape index (κ2) is 5.87. The molecule has 0 bridgehead atoms. The van der Waals surface area contributed by atoms with Gasteiger partial charge in [-0.2, -0.15) is 5.10 Å². The molecule has 0 spiro atoms. The molecule has 0 saturated heterocycles. The molecule has 0 atom stereocenters. The molecule has 0 fully saturated rings. The third-order valence-electron chi connectivity index (χ3n) is 2.82. The molecule has 0 aliphatic rings. The highest BCUT2D eigenvalue weighted by Gasteiger charge is 2.00. The maximum atomic E-state index is 5.52. The van der Waals surface area contributed by atoms with Crippen molar-refractivity contribution < 1.29 is 4.42 Å². The molecule has 21 heavy (non-hydrogen) atoms. The van der Waals surface area contributed by atoms with Gasteiger partial charge in [0.15, 0.2) is 12.2 Å². The minimum atomic E-state index is 0.489. The Bertz CT molecular complexity index is 718. The Kier molecular flexibility index (Phi) is 3.60. The van der Waals surface area contributed by atoms with Crippen LogP contribution in [-0.4, -0.2) is 16.2 Å². The number of anilines is 2. The van der Waals surface area contributed by atoms with Crippen molar-refractivity contribution in [2.75, 3.05) is 11.2 Å². The summed E-state index contributed by atoms with van der Waals surface area (Å²) in [6.07, 6.45) is 6.42. The summed E-state index contributed by atoms with van der Waals surface area (Å²) in [5.74, 6) is 1.22. The number of hydrogen-bond acceptors (Lipinski definition) is 6. The Morgan fingerprint density at radius 3 is 2.62 bits per heavy atom. The van der Waals surface area contributed by atoms with E-state index >= 15 is 0 Å². The molecule has 1 aromatic carbocycles. The highest BCUT2D eigenvalue weighted by atomic mass is 16.3. The van der Waals surface area contributed by atoms with Crippen molar-refractivity contribution in [3.05, 3.63) is 60.7 Å². The van der Waals surface area contributed by atoms with Crippen molar-refractivity contribution in [2.45, 2.75) is 0 Å². The zero-order valence-corrected chi connectivity index (χ0v) is 11.1. The highest BCUT2D eigenvalue weighted by molar-refractivity contribution is 5.80. The van der Waals surface area contributed by atoms with E-state index in [9.17, 15) is 0 Å². The third kappa shape index (κ3) is 3.24. The molecule has 0 amide bonds. The van der Waals surface area contributed by atoms with Crippen molar-refractivity contribution in [3.63, 3.8) is 0 Å². The molecule has 2 heterocycles. The molecule has 2 aromatic heterocycles. The number of nitrogens with zero attached hydrogens (tertiary/aromatic N) is 3. The SMILES string of the molecule is Nc1ccc(C=NNc2ccc(-c3cnco3)cc2)cn1. The van der Waals surface area contributed by atoms with Crippen LogP contribution in [0.5, 0.6) is 0 Å². The van der Waals surface area contributed by atoms with E-state index < -0.39 is 0 Å². The summed E-state index contributed by atoms with van der Waals surface area (Å²) in [6.45, 7) is 0. The normalized spacial score (nSPS) is 10.9. The maximum absolute atomic E-state index is 5.52. The lowest BCUT2D eigenvalue weighted by Gasteiger charge is -2.01. The Morgan fingerprint density at radius 1 is 1.10 bits per heavy atom. The summed E-state index contributed by atoms with van der Waals surface area (Å²) in [5.41, 5.74) is 11.2. The lowest BCUT2D eigenvalue weighted by atomic mass is 10.2. The minimum absolute atomic E-state index is 0.489. The molecule has 0 aliphatic heterocycles. The van der Waals surface area contributed by atoms with Gasteiger partial charge in [-0.05, 0) is 36.4 Å². The van der Waals surface area contributed by atoms with Crippen molar-refractivity contribution in [1.29, 1.82) is 0 Å². The summed E-state index contributed by atoms with van der Waals surface area (Å²) in [4.78, 5) is 7.88. The molecule has 0 unspecified atom stereocenters. The quantitative estimate of drug-likeness (QED) is 0.566. The Balaban J connectivity index is 1.64. The Hall–Kier alpha value is -3.15. The number of benzene rings is 1. The van der Waals surface area contributed by atoms with Gasteiger partial charge < -0.3 is 10.2 Å². The van der Waals surface area contributed by atoms with Crippen LogP contribution in [0.25, 0.3) is 11.3 Å². The van der Waals surface area contributed by atoms with Gasteiger partial charge >= 0.3 is 0 Å². The Morgan fingerprint density at radius 2 is 1.95 bits per heavy atom. The molecule has 104 valence electrons. The molecule has 0 radical (unpaired) electrons. The first-order valence-electron chi connectivity index (χ1n) is 6.31. The van der Waals surface area contributed by atoms with Crippen LogP contribution in [0.4, 0.5) is 11.5 Å². The number of nitrogens with one attached hydrogen (secondary N) is 1. The van der Waals surface area contributed by atoms with Gasteiger partial charge in [-0.25, -0.2) is 9.97 Å². The van der Waals surface area contributed by atoms with Crippen LogP contribution < -0.4 is 11.2 Å². The molecular weight excluding hydrogens is 266 g/mol. The van der Waals surface area contributed by atoms with Crippen LogP contribution in [0.2, 0.25) is 0 Å². The summed E-state index contributed by atoms with van der Waals surface area (Å²) in [5, 5.41) is 4.14. The van der Waals surface area contributed by atoms with Crippen LogP contribution in [0.1, 0.15) is 5.56 Å². The molecule has 0 aliphatic carbocycles. The lowest BCUT2D eigenvalue weighted by Crippen LogP contribution is -1.93. The number of rotatable bonds is 4. The zero-order valence-electron chi connectivity index (χ0n) is 11.1. The molecule has 3 aromatic rings. The summed E-state index contributed by atoms with van der Waals surface area (Å²) < 4.78 is 5.23. The van der Waals surface area contributed by atoms with E-state index in [1.54, 1.807) is 24.7 Å². The number of hydrazone groups is 1. The average molecular weight is 279 g/mol. The van der Waals surface area contributed by atoms with E-state index in [1.807, 2.05) is 30.3 Å². The topological polar surface area (TPSA) is 89.3 Å². The van der Waals surface area contributed by atoms with Gasteiger partial charge in [-0.3, -0.25) is 5.43 Å². The second-order valence-corrected chi connectivity index (χ2v) is 4.33. The van der Waals surface area contributed by atoms with Gasteiger partial charge in [0, 0.05) is 17.3 Å². The van der Waals surface area contributed by atoms with E-state index in [1.165, 1.54) is 6.39 Å². The molecule has 3 N–H and O–H groups in total. The predicted molar refractivity (Wildman–Crippen MR) is 81.8 cm³/mol. The predicted octanol–water partition coefficient (Wildman–Crippen LogP) is 2.76. The third-order valence-corrected chi connectivity index (χ3v) is 2.82. The van der Waals surface area contributed by atoms with E-state index in [-0.39, 0.29) is 0 Å².